The zero-order valence-electron chi connectivity index (χ0n) is 14.5. The second-order valence-electron chi connectivity index (χ2n) is 5.68. The van der Waals surface area contributed by atoms with E-state index in [1.807, 2.05) is 54.6 Å². The largest absolute Gasteiger partial charge is 0.341 e. The van der Waals surface area contributed by atoms with Crippen LogP contribution in [0.5, 0.6) is 0 Å². The molecule has 0 aliphatic heterocycles. The van der Waals surface area contributed by atoms with Gasteiger partial charge in [0, 0.05) is 25.0 Å². The van der Waals surface area contributed by atoms with E-state index >= 15 is 0 Å². The summed E-state index contributed by atoms with van der Waals surface area (Å²) in [6, 6.07) is 23.4. The molecular weight excluding hydrogens is 310 g/mol. The molecule has 3 aromatic rings. The third-order valence-corrected chi connectivity index (χ3v) is 4.11. The lowest BCUT2D eigenvalue weighted by molar-refractivity contribution is 0.0988. The van der Waals surface area contributed by atoms with Gasteiger partial charge in [-0.1, -0.05) is 36.4 Å². The molecule has 0 radical (unpaired) electrons. The van der Waals surface area contributed by atoms with Crippen molar-refractivity contribution in [2.24, 2.45) is 0 Å². The standard InChI is InChI=1S/C21H21N3O/c1-3-24(18-12-8-5-9-13-18)19-14-15-20(22-16-19)21(25)23(2)17-10-6-4-7-11-17/h4-16H,3H2,1-2H3. The van der Waals surface area contributed by atoms with Gasteiger partial charge in [0.1, 0.15) is 5.69 Å². The average Bonchev–Trinajstić information content (AvgIpc) is 2.69. The van der Waals surface area contributed by atoms with Gasteiger partial charge in [0.15, 0.2) is 0 Å². The number of para-hydroxylation sites is 2. The highest BCUT2D eigenvalue weighted by molar-refractivity contribution is 6.04. The molecule has 0 N–H and O–H groups in total. The van der Waals surface area contributed by atoms with Gasteiger partial charge in [-0.15, -0.1) is 0 Å². The quantitative estimate of drug-likeness (QED) is 0.690. The minimum absolute atomic E-state index is 0.125. The van der Waals surface area contributed by atoms with Gasteiger partial charge in [-0.2, -0.15) is 0 Å². The summed E-state index contributed by atoms with van der Waals surface area (Å²) in [6.07, 6.45) is 1.75. The third-order valence-electron chi connectivity index (χ3n) is 4.11. The fourth-order valence-electron chi connectivity index (χ4n) is 2.74. The summed E-state index contributed by atoms with van der Waals surface area (Å²) in [4.78, 5) is 20.8. The Balaban J connectivity index is 1.81. The molecule has 1 aromatic heterocycles. The number of aromatic nitrogens is 1. The van der Waals surface area contributed by atoms with Gasteiger partial charge in [0.05, 0.1) is 11.9 Å². The summed E-state index contributed by atoms with van der Waals surface area (Å²) in [5.74, 6) is -0.125. The maximum Gasteiger partial charge on any atom is 0.276 e. The van der Waals surface area contributed by atoms with Crippen molar-refractivity contribution in [2.75, 3.05) is 23.4 Å². The number of amides is 1. The van der Waals surface area contributed by atoms with Gasteiger partial charge >= 0.3 is 0 Å². The Morgan fingerprint density at radius 1 is 0.840 bits per heavy atom. The van der Waals surface area contributed by atoms with Gasteiger partial charge in [-0.25, -0.2) is 4.98 Å². The number of carbonyl (C=O) groups excluding carboxylic acids is 1. The van der Waals surface area contributed by atoms with Crippen LogP contribution in [0.1, 0.15) is 17.4 Å². The lowest BCUT2D eigenvalue weighted by atomic mass is 10.2. The Morgan fingerprint density at radius 3 is 1.96 bits per heavy atom. The van der Waals surface area contributed by atoms with Crippen molar-refractivity contribution in [2.45, 2.75) is 6.92 Å². The molecule has 0 saturated carbocycles. The van der Waals surface area contributed by atoms with E-state index in [1.165, 1.54) is 0 Å². The van der Waals surface area contributed by atoms with Crippen molar-refractivity contribution in [3.05, 3.63) is 84.7 Å². The average molecular weight is 331 g/mol. The van der Waals surface area contributed by atoms with Gasteiger partial charge in [-0.3, -0.25) is 4.79 Å². The Bertz CT molecular complexity index is 817. The fraction of sp³-hybridized carbons (Fsp3) is 0.143. The van der Waals surface area contributed by atoms with Crippen LogP contribution >= 0.6 is 0 Å². The van der Waals surface area contributed by atoms with Crippen LogP contribution in [0.3, 0.4) is 0 Å². The molecule has 0 aliphatic rings. The van der Waals surface area contributed by atoms with E-state index in [-0.39, 0.29) is 5.91 Å². The summed E-state index contributed by atoms with van der Waals surface area (Å²) in [7, 11) is 1.76. The van der Waals surface area contributed by atoms with E-state index in [1.54, 1.807) is 24.2 Å². The molecule has 0 atom stereocenters. The molecule has 1 amide bonds. The molecule has 0 fully saturated rings. The van der Waals surface area contributed by atoms with E-state index in [2.05, 4.69) is 28.9 Å². The number of hydrogen-bond donors (Lipinski definition) is 0. The lowest BCUT2D eigenvalue weighted by Gasteiger charge is -2.23. The van der Waals surface area contributed by atoms with Crippen LogP contribution in [0, 0.1) is 0 Å². The predicted molar refractivity (Wildman–Crippen MR) is 103 cm³/mol. The van der Waals surface area contributed by atoms with Crippen molar-refractivity contribution in [3.63, 3.8) is 0 Å². The minimum atomic E-state index is -0.125. The smallest absolute Gasteiger partial charge is 0.276 e. The Hall–Kier alpha value is -3.14. The highest BCUT2D eigenvalue weighted by Crippen LogP contribution is 2.24. The van der Waals surface area contributed by atoms with Gasteiger partial charge in [0.2, 0.25) is 0 Å². The van der Waals surface area contributed by atoms with Crippen LogP contribution in [0.2, 0.25) is 0 Å². The SMILES string of the molecule is CCN(c1ccccc1)c1ccc(C(=O)N(C)c2ccccc2)nc1. The maximum absolute atomic E-state index is 12.6. The topological polar surface area (TPSA) is 36.4 Å². The summed E-state index contributed by atoms with van der Waals surface area (Å²) in [6.45, 7) is 2.91. The van der Waals surface area contributed by atoms with Crippen LogP contribution < -0.4 is 9.80 Å². The zero-order chi connectivity index (χ0) is 17.6. The zero-order valence-corrected chi connectivity index (χ0v) is 14.5. The number of anilines is 3. The van der Waals surface area contributed by atoms with E-state index in [0.717, 1.165) is 23.6 Å². The second-order valence-corrected chi connectivity index (χ2v) is 5.68. The van der Waals surface area contributed by atoms with Crippen molar-refractivity contribution in [1.29, 1.82) is 0 Å². The molecule has 0 spiro atoms. The Labute approximate surface area is 148 Å². The first-order valence-electron chi connectivity index (χ1n) is 8.32. The molecule has 3 rings (SSSR count). The van der Waals surface area contributed by atoms with Crippen molar-refractivity contribution < 1.29 is 4.79 Å². The summed E-state index contributed by atoms with van der Waals surface area (Å²) >= 11 is 0. The fourth-order valence-corrected chi connectivity index (χ4v) is 2.74. The normalized spacial score (nSPS) is 10.3. The minimum Gasteiger partial charge on any atom is -0.341 e. The number of hydrogen-bond acceptors (Lipinski definition) is 3. The molecule has 0 bridgehead atoms. The van der Waals surface area contributed by atoms with Crippen LogP contribution in [0.4, 0.5) is 17.1 Å². The highest BCUT2D eigenvalue weighted by Gasteiger charge is 2.15. The molecule has 126 valence electrons. The maximum atomic E-state index is 12.6. The molecule has 25 heavy (non-hydrogen) atoms. The summed E-state index contributed by atoms with van der Waals surface area (Å²) in [5.41, 5.74) is 3.34. The van der Waals surface area contributed by atoms with Gasteiger partial charge < -0.3 is 9.80 Å². The summed E-state index contributed by atoms with van der Waals surface area (Å²) < 4.78 is 0. The molecule has 0 unspecified atom stereocenters. The highest BCUT2D eigenvalue weighted by atomic mass is 16.2. The number of rotatable bonds is 5. The predicted octanol–water partition coefficient (Wildman–Crippen LogP) is 4.52. The molecule has 4 heteroatoms. The number of benzene rings is 2. The number of pyridine rings is 1. The molecule has 0 aliphatic carbocycles. The molecular formula is C21H21N3O. The Kier molecular flexibility index (Phi) is 5.09. The van der Waals surface area contributed by atoms with E-state index in [4.69, 9.17) is 0 Å². The number of nitrogens with zero attached hydrogens (tertiary/aromatic N) is 3. The lowest BCUT2D eigenvalue weighted by Crippen LogP contribution is -2.27. The van der Waals surface area contributed by atoms with E-state index < -0.39 is 0 Å². The first kappa shape index (κ1) is 16.7. The van der Waals surface area contributed by atoms with Crippen LogP contribution in [-0.2, 0) is 0 Å². The first-order chi connectivity index (χ1) is 12.2. The molecule has 0 saturated heterocycles. The number of carbonyl (C=O) groups is 1. The van der Waals surface area contributed by atoms with Crippen LogP contribution in [-0.4, -0.2) is 24.5 Å². The molecule has 2 aromatic carbocycles. The van der Waals surface area contributed by atoms with Crippen LogP contribution in [0.25, 0.3) is 0 Å². The van der Waals surface area contributed by atoms with Gasteiger partial charge in [-0.05, 0) is 43.3 Å². The monoisotopic (exact) mass is 331 g/mol. The van der Waals surface area contributed by atoms with E-state index in [9.17, 15) is 4.79 Å². The first-order valence-corrected chi connectivity index (χ1v) is 8.32. The van der Waals surface area contributed by atoms with Crippen LogP contribution in [0.15, 0.2) is 79.0 Å². The molecule has 1 heterocycles. The second kappa shape index (κ2) is 7.62. The van der Waals surface area contributed by atoms with E-state index in [0.29, 0.717) is 5.69 Å². The van der Waals surface area contributed by atoms with Gasteiger partial charge in [0.25, 0.3) is 5.91 Å². The van der Waals surface area contributed by atoms with Crippen molar-refractivity contribution in [3.8, 4) is 0 Å². The van der Waals surface area contributed by atoms with Crippen molar-refractivity contribution >= 4 is 23.0 Å². The van der Waals surface area contributed by atoms with Crippen molar-refractivity contribution in [1.82, 2.24) is 4.98 Å². The third kappa shape index (κ3) is 3.69. The Morgan fingerprint density at radius 2 is 1.44 bits per heavy atom. The summed E-state index contributed by atoms with van der Waals surface area (Å²) in [5, 5.41) is 0. The molecule has 4 nitrogen and oxygen atoms in total.